The maximum atomic E-state index is 13.4. The Morgan fingerprint density at radius 2 is 1.93 bits per heavy atom. The Morgan fingerprint density at radius 3 is 2.61 bits per heavy atom. The maximum Gasteiger partial charge on any atom is 0.275 e. The number of Topliss-reactive ketones (excluding diaryl/α,β-unsaturated/α-hetero) is 1. The van der Waals surface area contributed by atoms with Gasteiger partial charge in [0.05, 0.1) is 10.6 Å². The highest BCUT2D eigenvalue weighted by molar-refractivity contribution is 6.34. The zero-order valence-electron chi connectivity index (χ0n) is 16.1. The molecule has 2 aromatic heterocycles. The second-order valence-electron chi connectivity index (χ2n) is 8.08. The van der Waals surface area contributed by atoms with Crippen LogP contribution in [-0.2, 0) is 5.54 Å². The smallest absolute Gasteiger partial charge is 0.275 e. The van der Waals surface area contributed by atoms with E-state index in [1.54, 1.807) is 4.57 Å². The van der Waals surface area contributed by atoms with E-state index in [9.17, 15) is 9.59 Å². The van der Waals surface area contributed by atoms with Gasteiger partial charge in [-0.2, -0.15) is 0 Å². The van der Waals surface area contributed by atoms with Gasteiger partial charge in [-0.15, -0.1) is 0 Å². The molecule has 1 aliphatic carbocycles. The van der Waals surface area contributed by atoms with Gasteiger partial charge in [0.15, 0.2) is 5.78 Å². The fraction of sp³-hybridized carbons (Fsp3) is 0.500. The monoisotopic (exact) mass is 401 g/mol. The number of rotatable bonds is 3. The van der Waals surface area contributed by atoms with Crippen molar-refractivity contribution < 1.29 is 4.79 Å². The Morgan fingerprint density at radius 1 is 1.21 bits per heavy atom. The zero-order chi connectivity index (χ0) is 20.1. The number of nitrogens with two attached hydrogens (primary N) is 1. The first-order chi connectivity index (χ1) is 13.3. The molecular formula is C20H24ClN5O2. The maximum absolute atomic E-state index is 13.4. The average molecular weight is 402 g/mol. The highest BCUT2D eigenvalue weighted by Gasteiger charge is 2.46. The number of pyridine rings is 1. The van der Waals surface area contributed by atoms with Crippen molar-refractivity contribution in [2.24, 2.45) is 0 Å². The minimum Gasteiger partial charge on any atom is -0.383 e. The number of halogens is 1. The van der Waals surface area contributed by atoms with Crippen LogP contribution in [0.2, 0.25) is 5.02 Å². The lowest BCUT2D eigenvalue weighted by molar-refractivity contribution is 0.0950. The summed E-state index contributed by atoms with van der Waals surface area (Å²) in [5.74, 6) is 0.879. The molecule has 2 aromatic rings. The van der Waals surface area contributed by atoms with E-state index >= 15 is 0 Å². The second-order valence-corrected chi connectivity index (χ2v) is 8.49. The van der Waals surface area contributed by atoms with Gasteiger partial charge in [0.25, 0.3) is 5.56 Å². The largest absolute Gasteiger partial charge is 0.383 e. The van der Waals surface area contributed by atoms with Gasteiger partial charge in [0, 0.05) is 12.0 Å². The van der Waals surface area contributed by atoms with Crippen LogP contribution in [0.1, 0.15) is 74.3 Å². The van der Waals surface area contributed by atoms with Crippen LogP contribution < -0.4 is 16.6 Å². The number of carbonyl (C=O) groups is 1. The van der Waals surface area contributed by atoms with Crippen LogP contribution in [0.4, 0.5) is 17.3 Å². The third kappa shape index (κ3) is 2.89. The predicted octanol–water partition coefficient (Wildman–Crippen LogP) is 3.99. The third-order valence-corrected chi connectivity index (χ3v) is 6.20. The van der Waals surface area contributed by atoms with Crippen molar-refractivity contribution in [2.45, 2.75) is 63.8 Å². The molecule has 0 amide bonds. The minimum absolute atomic E-state index is 0.0512. The number of fused-ring (bicyclic) bond motifs is 2. The third-order valence-electron chi connectivity index (χ3n) is 5.91. The summed E-state index contributed by atoms with van der Waals surface area (Å²) in [6.45, 7) is 3.97. The number of aromatic nitrogens is 3. The zero-order valence-corrected chi connectivity index (χ0v) is 16.8. The van der Waals surface area contributed by atoms with E-state index in [4.69, 9.17) is 17.3 Å². The topological polar surface area (TPSA) is 103 Å². The van der Waals surface area contributed by atoms with Crippen molar-refractivity contribution in [3.8, 4) is 0 Å². The summed E-state index contributed by atoms with van der Waals surface area (Å²) in [7, 11) is 0. The molecule has 2 aliphatic rings. The number of nitrogens with zero attached hydrogens (tertiary/aromatic N) is 3. The molecule has 0 radical (unpaired) electrons. The Labute approximate surface area is 168 Å². The van der Waals surface area contributed by atoms with Gasteiger partial charge in [-0.05, 0) is 24.8 Å². The Hall–Kier alpha value is -2.41. The fourth-order valence-electron chi connectivity index (χ4n) is 4.66. The number of nitrogens with one attached hydrogen (secondary N) is 1. The van der Waals surface area contributed by atoms with Crippen molar-refractivity contribution in [3.63, 3.8) is 0 Å². The molecule has 0 aromatic carbocycles. The van der Waals surface area contributed by atoms with Gasteiger partial charge in [0.1, 0.15) is 29.3 Å². The Bertz CT molecular complexity index is 1010. The van der Waals surface area contributed by atoms with Crippen molar-refractivity contribution in [2.75, 3.05) is 11.1 Å². The summed E-state index contributed by atoms with van der Waals surface area (Å²) >= 11 is 6.47. The first-order valence-electron chi connectivity index (χ1n) is 9.71. The van der Waals surface area contributed by atoms with Crippen LogP contribution in [0, 0.1) is 0 Å². The van der Waals surface area contributed by atoms with E-state index in [0.29, 0.717) is 34.5 Å². The molecule has 0 atom stereocenters. The van der Waals surface area contributed by atoms with Gasteiger partial charge in [0.2, 0.25) is 0 Å². The second kappa shape index (κ2) is 6.88. The number of carbonyl (C=O) groups excluding carboxylic acids is 1. The molecule has 3 N–H and O–H groups in total. The Kier molecular flexibility index (Phi) is 4.65. The summed E-state index contributed by atoms with van der Waals surface area (Å²) in [5, 5.41) is 3.40. The molecule has 0 bridgehead atoms. The number of hydrogen-bond donors (Lipinski definition) is 2. The van der Waals surface area contributed by atoms with Crippen LogP contribution in [0.3, 0.4) is 0 Å². The van der Waals surface area contributed by atoms with Crippen LogP contribution >= 0.6 is 11.6 Å². The molecule has 0 unspecified atom stereocenters. The summed E-state index contributed by atoms with van der Waals surface area (Å²) in [6.07, 6.45) is 6.50. The molecule has 7 nitrogen and oxygen atoms in total. The molecule has 1 fully saturated rings. The van der Waals surface area contributed by atoms with E-state index in [2.05, 4.69) is 15.3 Å². The number of hydrogen-bond acceptors (Lipinski definition) is 6. The van der Waals surface area contributed by atoms with E-state index in [-0.39, 0.29) is 17.3 Å². The van der Waals surface area contributed by atoms with E-state index in [1.165, 1.54) is 12.4 Å². The SMILES string of the molecule is CC(C)c1c(N)ncnc1Nc1cc(Cl)c2n(c1=O)C1(CCCCC1)CC2=O. The number of ketones is 1. The summed E-state index contributed by atoms with van der Waals surface area (Å²) in [5.41, 5.74) is 6.71. The lowest BCUT2D eigenvalue weighted by Gasteiger charge is -2.35. The molecule has 148 valence electrons. The standard InChI is InChI=1S/C20H24ClN5O2/c1-11(2)15-17(22)23-10-24-18(15)25-13-8-12(21)16-14(27)9-20(26(16)19(13)28)6-4-3-5-7-20/h8,10-11H,3-7,9H2,1-2H3,(H3,22,23,24,25). The molecule has 3 heterocycles. The molecule has 1 saturated carbocycles. The van der Waals surface area contributed by atoms with Gasteiger partial charge >= 0.3 is 0 Å². The molecular weight excluding hydrogens is 378 g/mol. The quantitative estimate of drug-likeness (QED) is 0.806. The molecule has 28 heavy (non-hydrogen) atoms. The number of nitrogen functional groups attached to an aromatic ring is 1. The summed E-state index contributed by atoms with van der Waals surface area (Å²) < 4.78 is 1.65. The van der Waals surface area contributed by atoms with Crippen molar-refractivity contribution in [1.29, 1.82) is 0 Å². The van der Waals surface area contributed by atoms with E-state index in [1.807, 2.05) is 13.8 Å². The van der Waals surface area contributed by atoms with Gasteiger partial charge in [-0.25, -0.2) is 9.97 Å². The van der Waals surface area contributed by atoms with Crippen molar-refractivity contribution in [3.05, 3.63) is 39.0 Å². The van der Waals surface area contributed by atoms with E-state index in [0.717, 1.165) is 37.7 Å². The van der Waals surface area contributed by atoms with Crippen LogP contribution in [0.5, 0.6) is 0 Å². The Balaban J connectivity index is 1.85. The van der Waals surface area contributed by atoms with Gasteiger partial charge < -0.3 is 11.1 Å². The first-order valence-corrected chi connectivity index (χ1v) is 10.1. The molecule has 1 spiro atoms. The van der Waals surface area contributed by atoms with Crippen molar-refractivity contribution >= 4 is 34.7 Å². The molecule has 0 saturated heterocycles. The predicted molar refractivity (Wildman–Crippen MR) is 110 cm³/mol. The lowest BCUT2D eigenvalue weighted by atomic mass is 9.80. The lowest BCUT2D eigenvalue weighted by Crippen LogP contribution is -2.40. The molecule has 4 rings (SSSR count). The average Bonchev–Trinajstić information content (AvgIpc) is 2.92. The highest BCUT2D eigenvalue weighted by atomic mass is 35.5. The van der Waals surface area contributed by atoms with Gasteiger partial charge in [-0.1, -0.05) is 44.7 Å². The van der Waals surface area contributed by atoms with Crippen LogP contribution in [-0.4, -0.2) is 20.3 Å². The molecule has 1 aliphatic heterocycles. The van der Waals surface area contributed by atoms with Crippen LogP contribution in [0.25, 0.3) is 0 Å². The van der Waals surface area contributed by atoms with Crippen LogP contribution in [0.15, 0.2) is 17.2 Å². The first kappa shape index (κ1) is 18.9. The van der Waals surface area contributed by atoms with Crippen molar-refractivity contribution in [1.82, 2.24) is 14.5 Å². The van der Waals surface area contributed by atoms with E-state index < -0.39 is 5.54 Å². The van der Waals surface area contributed by atoms with Gasteiger partial charge in [-0.3, -0.25) is 14.2 Å². The fourth-order valence-corrected chi connectivity index (χ4v) is 4.96. The normalized spacial score (nSPS) is 17.9. The molecule has 8 heteroatoms. The summed E-state index contributed by atoms with van der Waals surface area (Å²) in [6, 6.07) is 1.53. The highest BCUT2D eigenvalue weighted by Crippen LogP contribution is 2.44. The number of anilines is 3. The minimum atomic E-state index is -0.450. The summed E-state index contributed by atoms with van der Waals surface area (Å²) in [4.78, 5) is 34.4.